The van der Waals surface area contributed by atoms with Crippen LogP contribution in [0.3, 0.4) is 0 Å². The Kier molecular flexibility index (Phi) is 5.84. The number of para-hydroxylation sites is 2. The number of carbonyl (C=O) groups is 1. The second kappa shape index (κ2) is 8.09. The topological polar surface area (TPSA) is 36.8 Å². The van der Waals surface area contributed by atoms with Gasteiger partial charge in [0.25, 0.3) is 0 Å². The zero-order valence-corrected chi connectivity index (χ0v) is 15.7. The Bertz CT molecular complexity index is 758. The Morgan fingerprint density at radius 1 is 1.12 bits per heavy atom. The fourth-order valence-electron chi connectivity index (χ4n) is 3.01. The average Bonchev–Trinajstić information content (AvgIpc) is 2.59. The molecule has 2 aromatic carbocycles. The van der Waals surface area contributed by atoms with E-state index in [0.717, 1.165) is 43.1 Å². The summed E-state index contributed by atoms with van der Waals surface area (Å²) in [6, 6.07) is 13.2. The predicted octanol–water partition coefficient (Wildman–Crippen LogP) is 2.51. The third kappa shape index (κ3) is 4.66. The fourth-order valence-corrected chi connectivity index (χ4v) is 3.33. The van der Waals surface area contributed by atoms with E-state index in [-0.39, 0.29) is 12.3 Å². The largest absolute Gasteiger partial charge is 0.359 e. The minimum absolute atomic E-state index is 0.0643. The van der Waals surface area contributed by atoms with Gasteiger partial charge >= 0.3 is 0 Å². The number of piperazine rings is 1. The first-order valence-electron chi connectivity index (χ1n) is 8.42. The van der Waals surface area contributed by atoms with Crippen LogP contribution in [0.1, 0.15) is 5.56 Å². The quantitative estimate of drug-likeness (QED) is 0.857. The number of rotatable bonds is 4. The van der Waals surface area contributed by atoms with Crippen molar-refractivity contribution >= 4 is 40.5 Å². The zero-order chi connectivity index (χ0) is 17.8. The molecule has 0 radical (unpaired) electrons. The first kappa shape index (κ1) is 18.1. The lowest BCUT2D eigenvalue weighted by Crippen LogP contribution is -3.12. The third-order valence-electron chi connectivity index (χ3n) is 4.48. The molecule has 4 nitrogen and oxygen atoms in total. The number of amides is 1. The molecule has 2 aromatic rings. The van der Waals surface area contributed by atoms with Crippen molar-refractivity contribution in [2.45, 2.75) is 6.42 Å². The molecular formula is C19H22Cl2N3O+. The van der Waals surface area contributed by atoms with Gasteiger partial charge in [0.1, 0.15) is 0 Å². The van der Waals surface area contributed by atoms with Crippen LogP contribution in [0.25, 0.3) is 0 Å². The van der Waals surface area contributed by atoms with E-state index in [1.807, 2.05) is 24.3 Å². The van der Waals surface area contributed by atoms with Crippen LogP contribution in [0.4, 0.5) is 11.4 Å². The number of benzene rings is 2. The number of halogens is 2. The molecular weight excluding hydrogens is 357 g/mol. The highest BCUT2D eigenvalue weighted by atomic mass is 35.5. The molecule has 1 aliphatic rings. The molecule has 3 rings (SSSR count). The standard InChI is InChI=1S/C19H21Cl2N3O/c1-23-8-10-24(11-9-23)18-5-3-2-4-17(18)22-19(25)13-14-6-7-15(20)16(21)12-14/h2-7,12H,8-11,13H2,1H3,(H,22,25)/p+1. The second-order valence-corrected chi connectivity index (χ2v) is 7.25. The number of anilines is 2. The van der Waals surface area contributed by atoms with Crippen molar-refractivity contribution in [1.29, 1.82) is 0 Å². The van der Waals surface area contributed by atoms with E-state index in [1.54, 1.807) is 12.1 Å². The number of quaternary nitrogens is 1. The molecule has 0 aliphatic carbocycles. The highest BCUT2D eigenvalue weighted by molar-refractivity contribution is 6.42. The number of nitrogens with one attached hydrogen (secondary N) is 2. The summed E-state index contributed by atoms with van der Waals surface area (Å²) in [4.78, 5) is 16.3. The number of carbonyl (C=O) groups excluding carboxylic acids is 1. The van der Waals surface area contributed by atoms with E-state index in [1.165, 1.54) is 4.90 Å². The summed E-state index contributed by atoms with van der Waals surface area (Å²) < 4.78 is 0. The molecule has 1 aliphatic heterocycles. The molecule has 2 N–H and O–H groups in total. The Hall–Kier alpha value is -1.75. The van der Waals surface area contributed by atoms with Crippen LogP contribution in [-0.4, -0.2) is 39.1 Å². The van der Waals surface area contributed by atoms with Gasteiger partial charge in [-0.15, -0.1) is 0 Å². The number of likely N-dealkylation sites (N-methyl/N-ethyl adjacent to an activating group) is 1. The lowest BCUT2D eigenvalue weighted by molar-refractivity contribution is -0.880. The van der Waals surface area contributed by atoms with Crippen LogP contribution in [0.2, 0.25) is 10.0 Å². The van der Waals surface area contributed by atoms with Gasteiger partial charge in [0.2, 0.25) is 5.91 Å². The highest BCUT2D eigenvalue weighted by Crippen LogP contribution is 2.26. The Morgan fingerprint density at radius 2 is 1.84 bits per heavy atom. The minimum Gasteiger partial charge on any atom is -0.359 e. The number of nitrogens with zero attached hydrogens (tertiary/aromatic N) is 1. The van der Waals surface area contributed by atoms with Crippen molar-refractivity contribution in [2.24, 2.45) is 0 Å². The van der Waals surface area contributed by atoms with Crippen molar-refractivity contribution in [3.05, 3.63) is 58.1 Å². The summed E-state index contributed by atoms with van der Waals surface area (Å²) in [5, 5.41) is 4.00. The lowest BCUT2D eigenvalue weighted by Gasteiger charge is -2.33. The van der Waals surface area contributed by atoms with Gasteiger partial charge in [-0.25, -0.2) is 0 Å². The number of hydrogen-bond donors (Lipinski definition) is 2. The van der Waals surface area contributed by atoms with Crippen molar-refractivity contribution in [3.8, 4) is 0 Å². The maximum atomic E-state index is 12.5. The van der Waals surface area contributed by atoms with Gasteiger partial charge < -0.3 is 15.1 Å². The van der Waals surface area contributed by atoms with Gasteiger partial charge in [-0.1, -0.05) is 41.4 Å². The van der Waals surface area contributed by atoms with Crippen molar-refractivity contribution in [1.82, 2.24) is 0 Å². The molecule has 0 atom stereocenters. The predicted molar refractivity (Wildman–Crippen MR) is 104 cm³/mol. The SMILES string of the molecule is C[NH+]1CCN(c2ccccc2NC(=O)Cc2ccc(Cl)c(Cl)c2)CC1. The van der Waals surface area contributed by atoms with Crippen molar-refractivity contribution in [2.75, 3.05) is 43.4 Å². The van der Waals surface area contributed by atoms with Crippen LogP contribution < -0.4 is 15.1 Å². The molecule has 0 unspecified atom stereocenters. The number of hydrogen-bond acceptors (Lipinski definition) is 2. The van der Waals surface area contributed by atoms with E-state index >= 15 is 0 Å². The van der Waals surface area contributed by atoms with Gasteiger partial charge in [0, 0.05) is 0 Å². The smallest absolute Gasteiger partial charge is 0.228 e. The molecule has 1 heterocycles. The molecule has 25 heavy (non-hydrogen) atoms. The van der Waals surface area contributed by atoms with E-state index in [0.29, 0.717) is 10.0 Å². The van der Waals surface area contributed by atoms with E-state index < -0.39 is 0 Å². The Morgan fingerprint density at radius 3 is 2.56 bits per heavy atom. The van der Waals surface area contributed by atoms with Gasteiger partial charge in [-0.05, 0) is 29.8 Å². The van der Waals surface area contributed by atoms with Gasteiger partial charge in [0.15, 0.2) is 0 Å². The summed E-state index contributed by atoms with van der Waals surface area (Å²) in [5.74, 6) is -0.0643. The lowest BCUT2D eigenvalue weighted by atomic mass is 10.1. The summed E-state index contributed by atoms with van der Waals surface area (Å²) in [7, 11) is 2.21. The van der Waals surface area contributed by atoms with E-state index in [2.05, 4.69) is 23.3 Å². The van der Waals surface area contributed by atoms with Crippen LogP contribution >= 0.6 is 23.2 Å². The summed E-state index contributed by atoms with van der Waals surface area (Å²) >= 11 is 11.9. The van der Waals surface area contributed by atoms with Crippen LogP contribution in [-0.2, 0) is 11.2 Å². The Labute approximate surface area is 158 Å². The second-order valence-electron chi connectivity index (χ2n) is 6.43. The minimum atomic E-state index is -0.0643. The van der Waals surface area contributed by atoms with Crippen molar-refractivity contribution < 1.29 is 9.69 Å². The average molecular weight is 379 g/mol. The molecule has 6 heteroatoms. The molecule has 0 aromatic heterocycles. The first-order chi connectivity index (χ1) is 12.0. The summed E-state index contributed by atoms with van der Waals surface area (Å²) in [6.45, 7) is 4.19. The monoisotopic (exact) mass is 378 g/mol. The Balaban J connectivity index is 1.70. The van der Waals surface area contributed by atoms with Gasteiger partial charge in [0.05, 0.1) is 61.1 Å². The fraction of sp³-hybridized carbons (Fsp3) is 0.316. The van der Waals surface area contributed by atoms with Crippen LogP contribution in [0.15, 0.2) is 42.5 Å². The van der Waals surface area contributed by atoms with Gasteiger partial charge in [-0.2, -0.15) is 0 Å². The van der Waals surface area contributed by atoms with Crippen LogP contribution in [0, 0.1) is 0 Å². The molecule has 0 saturated carbocycles. The summed E-state index contributed by atoms with van der Waals surface area (Å²) in [5.41, 5.74) is 2.78. The van der Waals surface area contributed by atoms with E-state index in [4.69, 9.17) is 23.2 Å². The third-order valence-corrected chi connectivity index (χ3v) is 5.22. The van der Waals surface area contributed by atoms with Gasteiger partial charge in [-0.3, -0.25) is 4.79 Å². The molecule has 1 fully saturated rings. The normalized spacial score (nSPS) is 15.2. The molecule has 1 amide bonds. The summed E-state index contributed by atoms with van der Waals surface area (Å²) in [6.07, 6.45) is 0.262. The zero-order valence-electron chi connectivity index (χ0n) is 14.2. The maximum absolute atomic E-state index is 12.5. The maximum Gasteiger partial charge on any atom is 0.228 e. The van der Waals surface area contributed by atoms with Crippen molar-refractivity contribution in [3.63, 3.8) is 0 Å². The first-order valence-corrected chi connectivity index (χ1v) is 9.17. The molecule has 0 bridgehead atoms. The van der Waals surface area contributed by atoms with Crippen LogP contribution in [0.5, 0.6) is 0 Å². The van der Waals surface area contributed by atoms with E-state index in [9.17, 15) is 4.79 Å². The highest BCUT2D eigenvalue weighted by Gasteiger charge is 2.19. The molecule has 0 spiro atoms. The molecule has 132 valence electrons. The molecule has 1 saturated heterocycles.